The number of hydrogen-bond donors (Lipinski definition) is 0. The largest absolute Gasteiger partial charge is 0.330 e. The third-order valence-electron chi connectivity index (χ3n) is 7.40. The zero-order valence-electron chi connectivity index (χ0n) is 22.1. The number of carbonyl (C=O) groups excluding carboxylic acids is 1. The van der Waals surface area contributed by atoms with Gasteiger partial charge in [0.2, 0.25) is 15.9 Å². The second-order valence-electron chi connectivity index (χ2n) is 10.4. The van der Waals surface area contributed by atoms with E-state index in [4.69, 9.17) is 0 Å². The highest BCUT2D eigenvalue weighted by molar-refractivity contribution is 7.89. The first kappa shape index (κ1) is 26.6. The molecule has 0 fully saturated rings. The van der Waals surface area contributed by atoms with E-state index in [1.807, 2.05) is 47.4 Å². The van der Waals surface area contributed by atoms with Crippen molar-refractivity contribution in [3.63, 3.8) is 0 Å². The van der Waals surface area contributed by atoms with E-state index in [9.17, 15) is 13.2 Å². The molecule has 0 radical (unpaired) electrons. The lowest BCUT2D eigenvalue weighted by Crippen LogP contribution is -2.47. The van der Waals surface area contributed by atoms with Crippen LogP contribution in [-0.4, -0.2) is 43.2 Å². The molecule has 1 aromatic heterocycles. The lowest BCUT2D eigenvalue weighted by Gasteiger charge is -2.38. The summed E-state index contributed by atoms with van der Waals surface area (Å²) >= 11 is 1.73. The van der Waals surface area contributed by atoms with Gasteiger partial charge in [-0.15, -0.1) is 11.3 Å². The molecule has 1 amide bonds. The Balaban J connectivity index is 1.49. The summed E-state index contributed by atoms with van der Waals surface area (Å²) in [6.07, 6.45) is 1.46. The van der Waals surface area contributed by atoms with E-state index in [1.54, 1.807) is 23.5 Å². The molecule has 0 N–H and O–H groups in total. The third kappa shape index (κ3) is 5.28. The molecule has 5 nitrogen and oxygen atoms in total. The van der Waals surface area contributed by atoms with Gasteiger partial charge in [-0.2, -0.15) is 4.31 Å². The third-order valence-corrected chi connectivity index (χ3v) is 10.2. The summed E-state index contributed by atoms with van der Waals surface area (Å²) in [6.45, 7) is 6.89. The van der Waals surface area contributed by atoms with Crippen molar-refractivity contribution in [3.8, 4) is 0 Å². The fourth-order valence-corrected chi connectivity index (χ4v) is 7.56. The highest BCUT2D eigenvalue weighted by Gasteiger charge is 2.36. The van der Waals surface area contributed by atoms with Gasteiger partial charge in [0.1, 0.15) is 0 Å². The Morgan fingerprint density at radius 3 is 2.50 bits per heavy atom. The summed E-state index contributed by atoms with van der Waals surface area (Å²) < 4.78 is 29.2. The van der Waals surface area contributed by atoms with Crippen LogP contribution in [0.25, 0.3) is 10.8 Å². The van der Waals surface area contributed by atoms with Crippen LogP contribution < -0.4 is 0 Å². The number of benzene rings is 3. The average Bonchev–Trinajstić information content (AvgIpc) is 3.39. The minimum Gasteiger partial charge on any atom is -0.330 e. The van der Waals surface area contributed by atoms with Crippen LogP contribution in [-0.2, 0) is 21.2 Å². The highest BCUT2D eigenvalue weighted by atomic mass is 32.2. The number of sulfonamides is 1. The first-order valence-electron chi connectivity index (χ1n) is 13.2. The second-order valence-corrected chi connectivity index (χ2v) is 13.4. The summed E-state index contributed by atoms with van der Waals surface area (Å²) in [4.78, 5) is 17.4. The molecule has 198 valence electrons. The summed E-state index contributed by atoms with van der Waals surface area (Å²) in [6, 6.07) is 23.0. The molecular weight excluding hydrogens is 512 g/mol. The minimum absolute atomic E-state index is 0.164. The molecule has 4 aromatic rings. The van der Waals surface area contributed by atoms with E-state index in [0.717, 1.165) is 33.9 Å². The van der Waals surface area contributed by atoms with Gasteiger partial charge >= 0.3 is 0 Å². The van der Waals surface area contributed by atoms with Crippen LogP contribution in [0.1, 0.15) is 47.9 Å². The molecule has 0 aliphatic carbocycles. The Labute approximate surface area is 229 Å². The normalized spacial score (nSPS) is 15.8. The predicted molar refractivity (Wildman–Crippen MR) is 155 cm³/mol. The van der Waals surface area contributed by atoms with E-state index in [0.29, 0.717) is 25.4 Å². The van der Waals surface area contributed by atoms with Gasteiger partial charge in [-0.1, -0.05) is 68.4 Å². The van der Waals surface area contributed by atoms with Crippen LogP contribution in [0.3, 0.4) is 0 Å². The fraction of sp³-hybridized carbons (Fsp3) is 0.323. The van der Waals surface area contributed by atoms with Gasteiger partial charge in [0.25, 0.3) is 0 Å². The van der Waals surface area contributed by atoms with Crippen molar-refractivity contribution in [2.45, 2.75) is 44.6 Å². The molecule has 0 bridgehead atoms. The molecule has 38 heavy (non-hydrogen) atoms. The van der Waals surface area contributed by atoms with Crippen molar-refractivity contribution in [1.82, 2.24) is 9.21 Å². The Morgan fingerprint density at radius 1 is 1.00 bits per heavy atom. The summed E-state index contributed by atoms with van der Waals surface area (Å²) in [5, 5.41) is 3.94. The van der Waals surface area contributed by atoms with Crippen molar-refractivity contribution in [2.75, 3.05) is 19.6 Å². The van der Waals surface area contributed by atoms with Gasteiger partial charge < -0.3 is 4.90 Å². The maximum atomic E-state index is 14.0. The van der Waals surface area contributed by atoms with E-state index in [-0.39, 0.29) is 23.4 Å². The number of aryl methyl sites for hydroxylation is 1. The number of thiophene rings is 1. The molecule has 0 spiro atoms. The van der Waals surface area contributed by atoms with E-state index in [2.05, 4.69) is 44.4 Å². The Bertz CT molecular complexity index is 1560. The van der Waals surface area contributed by atoms with Crippen molar-refractivity contribution in [3.05, 3.63) is 99.7 Å². The highest BCUT2D eigenvalue weighted by Crippen LogP contribution is 2.39. The first-order valence-corrected chi connectivity index (χ1v) is 15.5. The van der Waals surface area contributed by atoms with Gasteiger partial charge in [0.05, 0.1) is 17.5 Å². The maximum Gasteiger partial charge on any atom is 0.243 e. The molecule has 1 unspecified atom stereocenters. The van der Waals surface area contributed by atoms with Crippen LogP contribution in [0.5, 0.6) is 0 Å². The quantitative estimate of drug-likeness (QED) is 0.256. The standard InChI is InChI=1S/C31H34N2O3S2/c1-22(2)14-17-32(38(35,36)26-13-12-24-9-5-6-10-25(24)20-26)21-30(34)33-18-15-29-28(16-19-37-29)31(33)27-11-7-4-8-23(27)3/h4-13,16,19-20,22,31H,14-15,17-18,21H2,1-3H3. The lowest BCUT2D eigenvalue weighted by molar-refractivity contribution is -0.133. The molecule has 2 heterocycles. The van der Waals surface area contributed by atoms with Gasteiger partial charge in [0.15, 0.2) is 0 Å². The zero-order valence-corrected chi connectivity index (χ0v) is 23.8. The lowest BCUT2D eigenvalue weighted by atomic mass is 9.90. The summed E-state index contributed by atoms with van der Waals surface area (Å²) in [5.41, 5.74) is 3.36. The monoisotopic (exact) mass is 546 g/mol. The van der Waals surface area contributed by atoms with Crippen molar-refractivity contribution >= 4 is 38.0 Å². The molecule has 1 aliphatic rings. The Kier molecular flexibility index (Phi) is 7.70. The maximum absolute atomic E-state index is 14.0. The molecule has 1 atom stereocenters. The number of carbonyl (C=O) groups is 1. The van der Waals surface area contributed by atoms with Crippen molar-refractivity contribution < 1.29 is 13.2 Å². The predicted octanol–water partition coefficient (Wildman–Crippen LogP) is 6.42. The SMILES string of the molecule is Cc1ccccc1C1c2ccsc2CCN1C(=O)CN(CCC(C)C)S(=O)(=O)c1ccc2ccccc2c1. The molecule has 7 heteroatoms. The van der Waals surface area contributed by atoms with Gasteiger partial charge in [-0.05, 0) is 76.7 Å². The zero-order chi connectivity index (χ0) is 26.9. The minimum atomic E-state index is -3.87. The van der Waals surface area contributed by atoms with Crippen LogP contribution in [0.2, 0.25) is 0 Å². The Hall–Kier alpha value is -3.00. The van der Waals surface area contributed by atoms with Gasteiger partial charge in [-0.25, -0.2) is 8.42 Å². The summed E-state index contributed by atoms with van der Waals surface area (Å²) in [7, 11) is -3.87. The van der Waals surface area contributed by atoms with E-state index >= 15 is 0 Å². The number of nitrogens with zero attached hydrogens (tertiary/aromatic N) is 2. The van der Waals surface area contributed by atoms with Crippen LogP contribution in [0, 0.1) is 12.8 Å². The molecule has 5 rings (SSSR count). The van der Waals surface area contributed by atoms with E-state index in [1.165, 1.54) is 9.18 Å². The molecule has 0 saturated carbocycles. The second kappa shape index (κ2) is 11.0. The number of hydrogen-bond acceptors (Lipinski definition) is 4. The van der Waals surface area contributed by atoms with Crippen LogP contribution in [0.15, 0.2) is 83.1 Å². The number of rotatable bonds is 8. The summed E-state index contributed by atoms with van der Waals surface area (Å²) in [5.74, 6) is 0.144. The number of amides is 1. The smallest absolute Gasteiger partial charge is 0.243 e. The average molecular weight is 547 g/mol. The molecule has 0 saturated heterocycles. The van der Waals surface area contributed by atoms with Crippen molar-refractivity contribution in [1.29, 1.82) is 0 Å². The fourth-order valence-electron chi connectivity index (χ4n) is 5.22. The number of fused-ring (bicyclic) bond motifs is 2. The molecular formula is C31H34N2O3S2. The Morgan fingerprint density at radius 2 is 1.74 bits per heavy atom. The van der Waals surface area contributed by atoms with Crippen LogP contribution >= 0.6 is 11.3 Å². The molecule has 1 aliphatic heterocycles. The first-order chi connectivity index (χ1) is 18.3. The van der Waals surface area contributed by atoms with Crippen LogP contribution in [0.4, 0.5) is 0 Å². The molecule has 3 aromatic carbocycles. The van der Waals surface area contributed by atoms with Gasteiger partial charge in [-0.3, -0.25) is 4.79 Å². The van der Waals surface area contributed by atoms with E-state index < -0.39 is 10.0 Å². The topological polar surface area (TPSA) is 57.7 Å². The van der Waals surface area contributed by atoms with Gasteiger partial charge in [0, 0.05) is 18.0 Å². The van der Waals surface area contributed by atoms with Crippen molar-refractivity contribution in [2.24, 2.45) is 5.92 Å².